The van der Waals surface area contributed by atoms with Gasteiger partial charge in [-0.25, -0.2) is 9.37 Å². The number of benzene rings is 1. The number of fused-ring (bicyclic) bond motifs is 1. The van der Waals surface area contributed by atoms with Crippen molar-refractivity contribution in [3.63, 3.8) is 0 Å². The Morgan fingerprint density at radius 2 is 2.24 bits per heavy atom. The van der Waals surface area contributed by atoms with Gasteiger partial charge in [0.2, 0.25) is 0 Å². The summed E-state index contributed by atoms with van der Waals surface area (Å²) >= 11 is 0. The van der Waals surface area contributed by atoms with Crippen molar-refractivity contribution >= 4 is 11.0 Å². The molecule has 0 bridgehead atoms. The van der Waals surface area contributed by atoms with Crippen molar-refractivity contribution in [1.29, 1.82) is 0 Å². The number of hydrogen-bond acceptors (Lipinski definition) is 2. The molecule has 4 heteroatoms. The molecule has 0 aliphatic rings. The second-order valence-electron chi connectivity index (χ2n) is 4.17. The van der Waals surface area contributed by atoms with E-state index in [4.69, 9.17) is 0 Å². The number of hydrogen-bond donors (Lipinski definition) is 1. The average molecular weight is 235 g/mol. The first-order chi connectivity index (χ1) is 8.26. The summed E-state index contributed by atoms with van der Waals surface area (Å²) in [4.78, 5) is 4.51. The monoisotopic (exact) mass is 235 g/mol. The summed E-state index contributed by atoms with van der Waals surface area (Å²) in [6.07, 6.45) is 1.92. The van der Waals surface area contributed by atoms with E-state index < -0.39 is 0 Å². The van der Waals surface area contributed by atoms with Gasteiger partial charge in [-0.15, -0.1) is 0 Å². The zero-order chi connectivity index (χ0) is 12.3. The third-order valence-corrected chi connectivity index (χ3v) is 2.84. The van der Waals surface area contributed by atoms with Crippen LogP contribution in [0.15, 0.2) is 18.2 Å². The van der Waals surface area contributed by atoms with Crippen LogP contribution in [0.1, 0.15) is 19.2 Å². The van der Waals surface area contributed by atoms with E-state index in [0.717, 1.165) is 42.8 Å². The number of rotatable bonds is 5. The fourth-order valence-electron chi connectivity index (χ4n) is 2.05. The van der Waals surface area contributed by atoms with Gasteiger partial charge in [-0.1, -0.05) is 6.92 Å². The van der Waals surface area contributed by atoms with Gasteiger partial charge in [0, 0.05) is 25.6 Å². The Kier molecular flexibility index (Phi) is 3.74. The van der Waals surface area contributed by atoms with Crippen molar-refractivity contribution in [2.45, 2.75) is 26.3 Å². The highest BCUT2D eigenvalue weighted by Crippen LogP contribution is 2.18. The summed E-state index contributed by atoms with van der Waals surface area (Å²) in [5.74, 6) is 0.806. The molecule has 0 saturated heterocycles. The largest absolute Gasteiger partial charge is 0.328 e. The molecule has 1 aromatic heterocycles. The van der Waals surface area contributed by atoms with Gasteiger partial charge in [0.05, 0.1) is 11.0 Å². The van der Waals surface area contributed by atoms with Crippen LogP contribution in [-0.2, 0) is 13.0 Å². The van der Waals surface area contributed by atoms with Crippen molar-refractivity contribution in [2.75, 3.05) is 13.6 Å². The number of nitrogens with one attached hydrogen (secondary N) is 1. The fraction of sp³-hybridized carbons (Fsp3) is 0.462. The summed E-state index contributed by atoms with van der Waals surface area (Å²) < 4.78 is 15.3. The van der Waals surface area contributed by atoms with Crippen LogP contribution in [0.3, 0.4) is 0 Å². The lowest BCUT2D eigenvalue weighted by molar-refractivity contribution is 0.628. The smallest absolute Gasteiger partial charge is 0.125 e. The van der Waals surface area contributed by atoms with Crippen LogP contribution in [0.2, 0.25) is 0 Å². The van der Waals surface area contributed by atoms with Gasteiger partial charge in [-0.2, -0.15) is 0 Å². The molecule has 1 N–H and O–H groups in total. The normalized spacial score (nSPS) is 11.2. The molecule has 0 amide bonds. The van der Waals surface area contributed by atoms with Crippen LogP contribution >= 0.6 is 0 Å². The van der Waals surface area contributed by atoms with Gasteiger partial charge in [0.1, 0.15) is 11.6 Å². The van der Waals surface area contributed by atoms with E-state index in [1.807, 2.05) is 13.1 Å². The first-order valence-electron chi connectivity index (χ1n) is 6.05. The number of imidazole rings is 1. The lowest BCUT2D eigenvalue weighted by Crippen LogP contribution is -2.14. The van der Waals surface area contributed by atoms with Gasteiger partial charge in [0.25, 0.3) is 0 Å². The third kappa shape index (κ3) is 2.47. The lowest BCUT2D eigenvalue weighted by Gasteiger charge is -2.07. The quantitative estimate of drug-likeness (QED) is 0.862. The Hall–Kier alpha value is -1.42. The Morgan fingerprint density at radius 3 is 2.94 bits per heavy atom. The van der Waals surface area contributed by atoms with E-state index in [2.05, 4.69) is 21.8 Å². The van der Waals surface area contributed by atoms with Crippen LogP contribution in [0.25, 0.3) is 11.0 Å². The number of nitrogens with zero attached hydrogens (tertiary/aromatic N) is 2. The second-order valence-corrected chi connectivity index (χ2v) is 4.17. The number of aromatic nitrogens is 2. The van der Waals surface area contributed by atoms with Crippen molar-refractivity contribution in [3.05, 3.63) is 29.8 Å². The van der Waals surface area contributed by atoms with Crippen molar-refractivity contribution < 1.29 is 4.39 Å². The summed E-state index contributed by atoms with van der Waals surface area (Å²) in [5, 5.41) is 3.11. The van der Waals surface area contributed by atoms with Gasteiger partial charge in [-0.05, 0) is 25.6 Å². The lowest BCUT2D eigenvalue weighted by atomic mass is 10.3. The molecule has 1 aromatic carbocycles. The second kappa shape index (κ2) is 5.27. The molecule has 1 heterocycles. The van der Waals surface area contributed by atoms with Crippen LogP contribution < -0.4 is 5.32 Å². The van der Waals surface area contributed by atoms with Crippen LogP contribution in [0.4, 0.5) is 4.39 Å². The van der Waals surface area contributed by atoms with E-state index >= 15 is 0 Å². The highest BCUT2D eigenvalue weighted by Gasteiger charge is 2.10. The maximum Gasteiger partial charge on any atom is 0.125 e. The Balaban J connectivity index is 2.45. The molecular formula is C13H18FN3. The van der Waals surface area contributed by atoms with Crippen molar-refractivity contribution in [1.82, 2.24) is 14.9 Å². The van der Waals surface area contributed by atoms with Crippen LogP contribution in [0.5, 0.6) is 0 Å². The highest BCUT2D eigenvalue weighted by atomic mass is 19.1. The third-order valence-electron chi connectivity index (χ3n) is 2.84. The summed E-state index contributed by atoms with van der Waals surface area (Å²) in [5.41, 5.74) is 1.78. The molecule has 2 aromatic rings. The van der Waals surface area contributed by atoms with E-state index in [-0.39, 0.29) is 5.82 Å². The molecule has 92 valence electrons. The molecule has 0 spiro atoms. The Labute approximate surface area is 101 Å². The molecule has 0 unspecified atom stereocenters. The Bertz CT molecular complexity index is 505. The van der Waals surface area contributed by atoms with E-state index in [9.17, 15) is 4.39 Å². The molecule has 17 heavy (non-hydrogen) atoms. The molecule has 0 atom stereocenters. The topological polar surface area (TPSA) is 29.9 Å². The van der Waals surface area contributed by atoms with Crippen molar-refractivity contribution in [2.24, 2.45) is 0 Å². The molecule has 3 nitrogen and oxygen atoms in total. The molecule has 0 aliphatic carbocycles. The number of halogens is 1. The first kappa shape index (κ1) is 12.0. The van der Waals surface area contributed by atoms with Crippen molar-refractivity contribution in [3.8, 4) is 0 Å². The summed E-state index contributed by atoms with van der Waals surface area (Å²) in [6, 6.07) is 4.82. The van der Waals surface area contributed by atoms with E-state index in [1.54, 1.807) is 0 Å². The van der Waals surface area contributed by atoms with Gasteiger partial charge < -0.3 is 9.88 Å². The molecule has 2 rings (SSSR count). The molecular weight excluding hydrogens is 217 g/mol. The minimum atomic E-state index is -0.223. The first-order valence-corrected chi connectivity index (χ1v) is 6.05. The average Bonchev–Trinajstić information content (AvgIpc) is 2.64. The zero-order valence-corrected chi connectivity index (χ0v) is 10.3. The number of likely N-dealkylation sites (N-methyl/N-ethyl adjacent to an activating group) is 1. The molecule has 0 aliphatic heterocycles. The van der Waals surface area contributed by atoms with Gasteiger partial charge in [0.15, 0.2) is 0 Å². The predicted molar refractivity (Wildman–Crippen MR) is 67.6 cm³/mol. The highest BCUT2D eigenvalue weighted by molar-refractivity contribution is 5.76. The molecule has 0 fully saturated rings. The maximum absolute atomic E-state index is 13.2. The summed E-state index contributed by atoms with van der Waals surface area (Å²) in [7, 11) is 1.92. The summed E-state index contributed by atoms with van der Waals surface area (Å²) in [6.45, 7) is 3.95. The standard InChI is InChI=1S/C13H18FN3/c1-3-8-17-12-5-4-10(14)9-11(12)16-13(17)6-7-15-2/h4-5,9,15H,3,6-8H2,1-2H3. The zero-order valence-electron chi connectivity index (χ0n) is 10.3. The van der Waals surface area contributed by atoms with E-state index in [0.29, 0.717) is 0 Å². The SMILES string of the molecule is CCCn1c(CCNC)nc2cc(F)ccc21. The van der Waals surface area contributed by atoms with E-state index in [1.165, 1.54) is 12.1 Å². The minimum Gasteiger partial charge on any atom is -0.328 e. The number of aryl methyl sites for hydroxylation is 1. The Morgan fingerprint density at radius 1 is 1.41 bits per heavy atom. The maximum atomic E-state index is 13.2. The molecule has 0 saturated carbocycles. The van der Waals surface area contributed by atoms with Crippen LogP contribution in [0, 0.1) is 5.82 Å². The fourth-order valence-corrected chi connectivity index (χ4v) is 2.05. The van der Waals surface area contributed by atoms with Gasteiger partial charge >= 0.3 is 0 Å². The van der Waals surface area contributed by atoms with Crippen LogP contribution in [-0.4, -0.2) is 23.1 Å². The predicted octanol–water partition coefficient (Wildman–Crippen LogP) is 2.35. The van der Waals surface area contributed by atoms with Gasteiger partial charge in [-0.3, -0.25) is 0 Å². The minimum absolute atomic E-state index is 0.223. The molecule has 0 radical (unpaired) electrons.